The van der Waals surface area contributed by atoms with Crippen LogP contribution in [0.15, 0.2) is 0 Å². The van der Waals surface area contributed by atoms with E-state index >= 15 is 0 Å². The zero-order valence-corrected chi connectivity index (χ0v) is 8.17. The first-order valence-electron chi connectivity index (χ1n) is 3.17. The molecule has 2 heteroatoms. The summed E-state index contributed by atoms with van der Waals surface area (Å²) in [5.41, 5.74) is 0. The fourth-order valence-corrected chi connectivity index (χ4v) is 3.17. The molecule has 0 bridgehead atoms. The Hall–Kier alpha value is 0.503. The van der Waals surface area contributed by atoms with E-state index in [4.69, 9.17) is 5.11 Å². The molecule has 0 saturated heterocycles. The average molecular weight is 177 g/mol. The Morgan fingerprint density at radius 2 is 1.75 bits per heavy atom. The summed E-state index contributed by atoms with van der Waals surface area (Å²) < 4.78 is 0. The van der Waals surface area contributed by atoms with Crippen LogP contribution >= 0.6 is 0 Å². The number of rotatable bonds is 3. The standard InChI is InChI=1S/C6H16GeO/c1-7(2,3)5-4-6-8/h8H,4-6H2,1-3H3. The number of aliphatic hydroxyl groups excluding tert-OH is 1. The minimum atomic E-state index is -1.27. The molecule has 0 unspecified atom stereocenters. The van der Waals surface area contributed by atoms with E-state index in [-0.39, 0.29) is 0 Å². The van der Waals surface area contributed by atoms with E-state index in [0.29, 0.717) is 6.61 Å². The summed E-state index contributed by atoms with van der Waals surface area (Å²) in [6.45, 7) is 0.377. The normalized spacial score (nSPS) is 12.0. The van der Waals surface area contributed by atoms with Crippen molar-refractivity contribution in [3.8, 4) is 0 Å². The third-order valence-corrected chi connectivity index (χ3v) is 4.97. The fraction of sp³-hybridized carbons (Fsp3) is 1.00. The van der Waals surface area contributed by atoms with Crippen molar-refractivity contribution < 1.29 is 5.11 Å². The van der Waals surface area contributed by atoms with Crippen LogP contribution in [-0.2, 0) is 0 Å². The van der Waals surface area contributed by atoms with Crippen LogP contribution in [0.25, 0.3) is 0 Å². The Morgan fingerprint density at radius 1 is 1.25 bits per heavy atom. The van der Waals surface area contributed by atoms with Gasteiger partial charge in [-0.2, -0.15) is 0 Å². The van der Waals surface area contributed by atoms with E-state index in [1.54, 1.807) is 0 Å². The molecule has 0 spiro atoms. The fourth-order valence-electron chi connectivity index (χ4n) is 0.609. The summed E-state index contributed by atoms with van der Waals surface area (Å²) in [5, 5.41) is 9.76. The molecular formula is C6H16GeO. The van der Waals surface area contributed by atoms with Crippen molar-refractivity contribution in [1.82, 2.24) is 0 Å². The first kappa shape index (κ1) is 8.50. The predicted molar refractivity (Wildman–Crippen MR) is 39.9 cm³/mol. The van der Waals surface area contributed by atoms with E-state index in [1.807, 2.05) is 0 Å². The van der Waals surface area contributed by atoms with E-state index in [1.165, 1.54) is 5.25 Å². The molecule has 0 aromatic carbocycles. The molecule has 0 aliphatic carbocycles. The van der Waals surface area contributed by atoms with Gasteiger partial charge in [-0.3, -0.25) is 0 Å². The molecule has 0 amide bonds. The molecule has 0 fully saturated rings. The summed E-state index contributed by atoms with van der Waals surface area (Å²) >= 11 is -1.27. The molecule has 0 heterocycles. The van der Waals surface area contributed by atoms with Crippen LogP contribution in [0.2, 0.25) is 22.5 Å². The van der Waals surface area contributed by atoms with Crippen molar-refractivity contribution in [2.24, 2.45) is 0 Å². The Balaban J connectivity index is 3.11. The number of aliphatic hydroxyl groups is 1. The maximum absolute atomic E-state index is 8.46. The Morgan fingerprint density at radius 3 is 1.88 bits per heavy atom. The first-order chi connectivity index (χ1) is 3.56. The molecule has 50 valence electrons. The van der Waals surface area contributed by atoms with E-state index in [9.17, 15) is 0 Å². The van der Waals surface area contributed by atoms with Crippen LogP contribution in [0.4, 0.5) is 0 Å². The topological polar surface area (TPSA) is 20.2 Å². The second kappa shape index (κ2) is 3.51. The third-order valence-electron chi connectivity index (χ3n) is 1.08. The second-order valence-electron chi connectivity index (χ2n) is 3.39. The van der Waals surface area contributed by atoms with Crippen molar-refractivity contribution in [1.29, 1.82) is 0 Å². The zero-order chi connectivity index (χ0) is 6.62. The molecule has 0 aliphatic rings. The molecular weight excluding hydrogens is 161 g/mol. The van der Waals surface area contributed by atoms with Gasteiger partial charge < -0.3 is 0 Å². The summed E-state index contributed by atoms with van der Waals surface area (Å²) in [7, 11) is 0. The molecule has 8 heavy (non-hydrogen) atoms. The summed E-state index contributed by atoms with van der Waals surface area (Å²) in [5.74, 6) is 7.11. The van der Waals surface area contributed by atoms with E-state index in [0.717, 1.165) is 6.42 Å². The van der Waals surface area contributed by atoms with E-state index < -0.39 is 13.3 Å². The Labute approximate surface area is 54.5 Å². The first-order valence-corrected chi connectivity index (χ1v) is 10.9. The van der Waals surface area contributed by atoms with Gasteiger partial charge in [0.15, 0.2) is 0 Å². The molecule has 0 radical (unpaired) electrons. The summed E-state index contributed by atoms with van der Waals surface area (Å²) in [6.07, 6.45) is 1.02. The van der Waals surface area contributed by atoms with Crippen LogP contribution in [0.1, 0.15) is 6.42 Å². The van der Waals surface area contributed by atoms with Gasteiger partial charge in [0.1, 0.15) is 0 Å². The van der Waals surface area contributed by atoms with Crippen molar-refractivity contribution in [2.75, 3.05) is 6.61 Å². The van der Waals surface area contributed by atoms with Crippen molar-refractivity contribution in [2.45, 2.75) is 28.9 Å². The molecule has 0 aromatic rings. The van der Waals surface area contributed by atoms with Gasteiger partial charge in [-0.15, -0.1) is 0 Å². The van der Waals surface area contributed by atoms with Gasteiger partial charge in [0.2, 0.25) is 0 Å². The quantitative estimate of drug-likeness (QED) is 0.650. The third kappa shape index (κ3) is 6.50. The van der Waals surface area contributed by atoms with Crippen molar-refractivity contribution in [3.05, 3.63) is 0 Å². The van der Waals surface area contributed by atoms with Crippen LogP contribution in [0.5, 0.6) is 0 Å². The summed E-state index contributed by atoms with van der Waals surface area (Å²) in [4.78, 5) is 0. The van der Waals surface area contributed by atoms with Crippen LogP contribution in [0.3, 0.4) is 0 Å². The van der Waals surface area contributed by atoms with Gasteiger partial charge >= 0.3 is 53.9 Å². The predicted octanol–water partition coefficient (Wildman–Crippen LogP) is 1.71. The van der Waals surface area contributed by atoms with Gasteiger partial charge in [-0.25, -0.2) is 0 Å². The van der Waals surface area contributed by atoms with Gasteiger partial charge in [-0.05, 0) is 0 Å². The molecule has 0 aromatic heterocycles. The SMILES string of the molecule is [CH3][Ge]([CH3])([CH3])[CH2]CCO. The summed E-state index contributed by atoms with van der Waals surface area (Å²) in [6, 6.07) is 0. The van der Waals surface area contributed by atoms with E-state index in [2.05, 4.69) is 17.3 Å². The molecule has 0 aliphatic heterocycles. The van der Waals surface area contributed by atoms with Gasteiger partial charge in [0.05, 0.1) is 0 Å². The van der Waals surface area contributed by atoms with Crippen molar-refractivity contribution in [3.63, 3.8) is 0 Å². The molecule has 0 saturated carbocycles. The Kier molecular flexibility index (Phi) is 3.73. The minimum absolute atomic E-state index is 0.377. The molecule has 0 rings (SSSR count). The number of hydrogen-bond donors (Lipinski definition) is 1. The van der Waals surface area contributed by atoms with Gasteiger partial charge in [0, 0.05) is 0 Å². The molecule has 0 atom stereocenters. The monoisotopic (exact) mass is 178 g/mol. The van der Waals surface area contributed by atoms with Gasteiger partial charge in [-0.1, -0.05) is 0 Å². The maximum atomic E-state index is 8.46. The zero-order valence-electron chi connectivity index (χ0n) is 6.07. The average Bonchev–Trinajstić information content (AvgIpc) is 1.59. The second-order valence-corrected chi connectivity index (χ2v) is 15.2. The number of hydrogen-bond acceptors (Lipinski definition) is 1. The molecule has 1 nitrogen and oxygen atoms in total. The van der Waals surface area contributed by atoms with Crippen LogP contribution in [0, 0.1) is 0 Å². The van der Waals surface area contributed by atoms with Crippen molar-refractivity contribution >= 4 is 13.3 Å². The van der Waals surface area contributed by atoms with Crippen LogP contribution < -0.4 is 0 Å². The van der Waals surface area contributed by atoms with Gasteiger partial charge in [0.25, 0.3) is 0 Å². The molecule has 1 N–H and O–H groups in total. The van der Waals surface area contributed by atoms with Crippen LogP contribution in [-0.4, -0.2) is 25.0 Å². The Bertz CT molecular complexity index is 56.0.